The molecule has 0 unspecified atom stereocenters. The molecule has 0 atom stereocenters. The summed E-state index contributed by atoms with van der Waals surface area (Å²) in [6.07, 6.45) is 1.06. The van der Waals surface area contributed by atoms with Gasteiger partial charge in [-0.1, -0.05) is 13.8 Å². The fraction of sp³-hybridized carbons (Fsp3) is 0.333. The largest absolute Gasteiger partial charge is 0.507 e. The maximum absolute atomic E-state index is 12.4. The third kappa shape index (κ3) is 1.70. The normalized spacial score (nSPS) is 17.2. The summed E-state index contributed by atoms with van der Waals surface area (Å²) >= 11 is 0. The lowest BCUT2D eigenvalue weighted by Gasteiger charge is -2.28. The third-order valence-electron chi connectivity index (χ3n) is 3.81. The Morgan fingerprint density at radius 2 is 2.00 bits per heavy atom. The molecule has 0 aliphatic heterocycles. The van der Waals surface area contributed by atoms with E-state index in [0.717, 1.165) is 5.69 Å². The molecule has 0 radical (unpaired) electrons. The zero-order valence-electron chi connectivity index (χ0n) is 11.3. The summed E-state index contributed by atoms with van der Waals surface area (Å²) in [4.78, 5) is 26.9. The number of nitrogens with one attached hydrogen (secondary N) is 1. The molecule has 1 aliphatic rings. The lowest BCUT2D eigenvalue weighted by Crippen LogP contribution is -2.26. The summed E-state index contributed by atoms with van der Waals surface area (Å²) in [5.41, 5.74) is 1.42. The third-order valence-corrected chi connectivity index (χ3v) is 3.81. The van der Waals surface area contributed by atoms with Crippen molar-refractivity contribution in [3.8, 4) is 5.75 Å². The minimum atomic E-state index is -1.23. The zero-order valence-corrected chi connectivity index (χ0v) is 11.3. The van der Waals surface area contributed by atoms with Crippen LogP contribution in [0.4, 0.5) is 0 Å². The van der Waals surface area contributed by atoms with E-state index in [9.17, 15) is 19.8 Å². The highest BCUT2D eigenvalue weighted by Crippen LogP contribution is 2.40. The Morgan fingerprint density at radius 3 is 2.65 bits per heavy atom. The highest BCUT2D eigenvalue weighted by Gasteiger charge is 2.35. The molecule has 0 saturated heterocycles. The van der Waals surface area contributed by atoms with E-state index in [1.165, 1.54) is 6.07 Å². The molecule has 5 heteroatoms. The van der Waals surface area contributed by atoms with Crippen LogP contribution < -0.4 is 0 Å². The van der Waals surface area contributed by atoms with Gasteiger partial charge in [-0.25, -0.2) is 4.79 Å². The highest BCUT2D eigenvalue weighted by atomic mass is 16.4. The van der Waals surface area contributed by atoms with Crippen molar-refractivity contribution in [3.63, 3.8) is 0 Å². The number of Topliss-reactive ketones (excluding diaryl/α,β-unsaturated/α-hetero) is 1. The summed E-state index contributed by atoms with van der Waals surface area (Å²) in [5.74, 6) is -1.62. The lowest BCUT2D eigenvalue weighted by molar-refractivity contribution is 0.0696. The average molecular weight is 273 g/mol. The smallest absolute Gasteiger partial charge is 0.340 e. The Hall–Kier alpha value is -2.30. The molecule has 0 fully saturated rings. The number of hydrogen-bond donors (Lipinski definition) is 3. The van der Waals surface area contributed by atoms with Crippen LogP contribution in [0.15, 0.2) is 12.1 Å². The van der Waals surface area contributed by atoms with Gasteiger partial charge in [-0.05, 0) is 24.0 Å². The van der Waals surface area contributed by atoms with Gasteiger partial charge < -0.3 is 15.2 Å². The first-order valence-electron chi connectivity index (χ1n) is 6.43. The maximum atomic E-state index is 12.4. The van der Waals surface area contributed by atoms with Crippen molar-refractivity contribution in [2.45, 2.75) is 26.7 Å². The van der Waals surface area contributed by atoms with Gasteiger partial charge in [-0.3, -0.25) is 4.79 Å². The van der Waals surface area contributed by atoms with Crippen LogP contribution in [0.2, 0.25) is 0 Å². The number of benzene rings is 1. The van der Waals surface area contributed by atoms with E-state index < -0.39 is 5.97 Å². The lowest BCUT2D eigenvalue weighted by atomic mass is 9.75. The maximum Gasteiger partial charge on any atom is 0.340 e. The Bertz CT molecular complexity index is 755. The average Bonchev–Trinajstić information content (AvgIpc) is 2.64. The van der Waals surface area contributed by atoms with E-state index in [2.05, 4.69) is 4.98 Å². The molecule has 2 aromatic rings. The quantitative estimate of drug-likeness (QED) is 0.745. The molecule has 0 spiro atoms. The fourth-order valence-electron chi connectivity index (χ4n) is 3.05. The second-order valence-corrected chi connectivity index (χ2v) is 6.11. The second kappa shape index (κ2) is 3.85. The summed E-state index contributed by atoms with van der Waals surface area (Å²) in [7, 11) is 0. The van der Waals surface area contributed by atoms with Crippen LogP contribution in [-0.4, -0.2) is 26.9 Å². The molecule has 3 N–H and O–H groups in total. The number of fused-ring (bicyclic) bond motifs is 3. The SMILES string of the molecule is CC1(C)CC(=O)c2c([nH]c3ccc(O)c(C(=O)O)c23)C1. The van der Waals surface area contributed by atoms with Gasteiger partial charge in [0, 0.05) is 28.6 Å². The summed E-state index contributed by atoms with van der Waals surface area (Å²) in [6, 6.07) is 2.94. The van der Waals surface area contributed by atoms with Crippen molar-refractivity contribution < 1.29 is 19.8 Å². The Balaban J connectivity index is 2.39. The van der Waals surface area contributed by atoms with Crippen LogP contribution >= 0.6 is 0 Å². The molecule has 0 saturated carbocycles. The number of aromatic nitrogens is 1. The van der Waals surface area contributed by atoms with Crippen molar-refractivity contribution >= 4 is 22.7 Å². The number of carbonyl (C=O) groups excluding carboxylic acids is 1. The molecule has 20 heavy (non-hydrogen) atoms. The van der Waals surface area contributed by atoms with Gasteiger partial charge >= 0.3 is 5.97 Å². The number of ketones is 1. The van der Waals surface area contributed by atoms with Crippen molar-refractivity contribution in [1.29, 1.82) is 0 Å². The van der Waals surface area contributed by atoms with E-state index in [-0.39, 0.29) is 22.5 Å². The van der Waals surface area contributed by atoms with E-state index in [1.54, 1.807) is 6.07 Å². The van der Waals surface area contributed by atoms with Gasteiger partial charge in [0.2, 0.25) is 0 Å². The topological polar surface area (TPSA) is 90.4 Å². The highest BCUT2D eigenvalue weighted by molar-refractivity contribution is 6.17. The minimum Gasteiger partial charge on any atom is -0.507 e. The fourth-order valence-corrected chi connectivity index (χ4v) is 3.05. The standard InChI is InChI=1S/C15H15NO4/c1-15(2)5-8-11(10(18)6-15)12-7(16-8)3-4-9(17)13(12)14(19)20/h3-4,16-17H,5-6H2,1-2H3,(H,19,20). The number of aromatic carboxylic acids is 1. The first kappa shape index (κ1) is 12.7. The molecule has 0 amide bonds. The van der Waals surface area contributed by atoms with Crippen molar-refractivity contribution in [2.75, 3.05) is 0 Å². The van der Waals surface area contributed by atoms with E-state index >= 15 is 0 Å². The van der Waals surface area contributed by atoms with Crippen LogP contribution in [0.25, 0.3) is 10.9 Å². The predicted molar refractivity (Wildman–Crippen MR) is 73.4 cm³/mol. The van der Waals surface area contributed by atoms with Crippen molar-refractivity contribution in [1.82, 2.24) is 4.98 Å². The minimum absolute atomic E-state index is 0.0735. The Kier molecular flexibility index (Phi) is 2.45. The molecule has 104 valence electrons. The van der Waals surface area contributed by atoms with Gasteiger partial charge in [0.05, 0.1) is 0 Å². The molecule has 3 rings (SSSR count). The molecular weight excluding hydrogens is 258 g/mol. The summed E-state index contributed by atoms with van der Waals surface area (Å²) in [5, 5.41) is 19.4. The second-order valence-electron chi connectivity index (χ2n) is 6.11. The van der Waals surface area contributed by atoms with E-state index in [0.29, 0.717) is 29.3 Å². The number of H-pyrrole nitrogens is 1. The van der Waals surface area contributed by atoms with Crippen molar-refractivity contribution in [2.24, 2.45) is 5.41 Å². The van der Waals surface area contributed by atoms with E-state index in [4.69, 9.17) is 0 Å². The number of rotatable bonds is 1. The number of carboxylic acids is 1. The zero-order chi connectivity index (χ0) is 14.7. The molecule has 5 nitrogen and oxygen atoms in total. The number of hydrogen-bond acceptors (Lipinski definition) is 3. The summed E-state index contributed by atoms with van der Waals surface area (Å²) in [6.45, 7) is 4.02. The van der Waals surface area contributed by atoms with Crippen LogP contribution in [0.5, 0.6) is 5.75 Å². The number of carboxylic acid groups (broad SMARTS) is 1. The molecule has 0 bridgehead atoms. The molecule has 1 heterocycles. The molecule has 1 aromatic carbocycles. The number of aromatic hydroxyl groups is 1. The van der Waals surface area contributed by atoms with E-state index in [1.807, 2.05) is 13.8 Å². The van der Waals surface area contributed by atoms with Crippen LogP contribution in [-0.2, 0) is 6.42 Å². The Morgan fingerprint density at radius 1 is 1.30 bits per heavy atom. The first-order chi connectivity index (χ1) is 9.30. The van der Waals surface area contributed by atoms with Crippen LogP contribution in [0, 0.1) is 5.41 Å². The number of phenols is 1. The van der Waals surface area contributed by atoms with Crippen LogP contribution in [0.1, 0.15) is 46.7 Å². The van der Waals surface area contributed by atoms with Gasteiger partial charge in [0.15, 0.2) is 5.78 Å². The van der Waals surface area contributed by atoms with Gasteiger partial charge in [0.25, 0.3) is 0 Å². The predicted octanol–water partition coefficient (Wildman–Crippen LogP) is 2.73. The molecular formula is C15H15NO4. The summed E-state index contributed by atoms with van der Waals surface area (Å²) < 4.78 is 0. The van der Waals surface area contributed by atoms with Gasteiger partial charge in [-0.2, -0.15) is 0 Å². The molecule has 1 aromatic heterocycles. The molecule has 1 aliphatic carbocycles. The monoisotopic (exact) mass is 273 g/mol. The van der Waals surface area contributed by atoms with Gasteiger partial charge in [0.1, 0.15) is 11.3 Å². The first-order valence-corrected chi connectivity index (χ1v) is 6.43. The van der Waals surface area contributed by atoms with Gasteiger partial charge in [-0.15, -0.1) is 0 Å². The van der Waals surface area contributed by atoms with Crippen LogP contribution in [0.3, 0.4) is 0 Å². The van der Waals surface area contributed by atoms with Crippen molar-refractivity contribution in [3.05, 3.63) is 29.0 Å². The number of aromatic amines is 1. The number of carbonyl (C=O) groups is 2. The Labute approximate surface area is 115 Å².